The van der Waals surface area contributed by atoms with Gasteiger partial charge in [0.2, 0.25) is 6.29 Å². The normalized spacial score (nSPS) is 53.8. The van der Waals surface area contributed by atoms with Crippen LogP contribution in [0.15, 0.2) is 11.6 Å². The van der Waals surface area contributed by atoms with Gasteiger partial charge in [-0.05, 0) is 105 Å². The lowest BCUT2D eigenvalue weighted by atomic mass is 9.33. The molecule has 4 heterocycles. The molecule has 0 bridgehead atoms. The molecule has 79 heavy (non-hydrogen) atoms. The van der Waals surface area contributed by atoms with Crippen LogP contribution in [0, 0.1) is 50.2 Å². The molecule has 29 atom stereocenters. The number of hydrogen-bond acceptors (Lipinski definition) is 25. The Hall–Kier alpha value is -2.16. The minimum Gasteiger partial charge on any atom is -0.469 e. The lowest BCUT2D eigenvalue weighted by Crippen LogP contribution is -2.67. The maximum Gasteiger partial charge on any atom is 0.315 e. The fourth-order valence-electron chi connectivity index (χ4n) is 16.5. The van der Waals surface area contributed by atoms with Crippen LogP contribution in [-0.4, -0.2) is 246 Å². The van der Waals surface area contributed by atoms with Crippen molar-refractivity contribution < 1.29 is 124 Å². The zero-order chi connectivity index (χ0) is 57.7. The van der Waals surface area contributed by atoms with Gasteiger partial charge < -0.3 is 114 Å². The van der Waals surface area contributed by atoms with Gasteiger partial charge in [0.25, 0.3) is 0 Å². The molecular weight excluding hydrogens is 1050 g/mol. The van der Waals surface area contributed by atoms with Gasteiger partial charge >= 0.3 is 11.9 Å². The monoisotopic (exact) mass is 1130 g/mol. The third-order valence-electron chi connectivity index (χ3n) is 21.7. The highest BCUT2D eigenvalue weighted by atomic mass is 16.8. The molecule has 25 nitrogen and oxygen atoms in total. The van der Waals surface area contributed by atoms with E-state index in [1.165, 1.54) is 7.11 Å². The Morgan fingerprint density at radius 2 is 1.15 bits per heavy atom. The molecule has 4 saturated heterocycles. The fraction of sp³-hybridized carbons (Fsp3) is 0.926. The van der Waals surface area contributed by atoms with Crippen LogP contribution in [0.2, 0.25) is 0 Å². The molecule has 8 fully saturated rings. The molecule has 0 radical (unpaired) electrons. The van der Waals surface area contributed by atoms with Gasteiger partial charge in [-0.1, -0.05) is 39.3 Å². The topological polar surface area (TPSA) is 400 Å². The Kier molecular flexibility index (Phi) is 17.6. The quantitative estimate of drug-likeness (QED) is 0.0489. The van der Waals surface area contributed by atoms with Crippen LogP contribution in [0.25, 0.3) is 0 Å². The van der Waals surface area contributed by atoms with Gasteiger partial charge in [0.05, 0.1) is 57.1 Å². The number of aliphatic hydroxyl groups is 14. The van der Waals surface area contributed by atoms with Crippen LogP contribution in [0.5, 0.6) is 0 Å². The van der Waals surface area contributed by atoms with Crippen molar-refractivity contribution in [3.63, 3.8) is 0 Å². The molecule has 0 aromatic rings. The molecule has 0 amide bonds. The van der Waals surface area contributed by atoms with Crippen molar-refractivity contribution in [3.8, 4) is 0 Å². The predicted octanol–water partition coefficient (Wildman–Crippen LogP) is -3.27. The highest BCUT2D eigenvalue weighted by molar-refractivity contribution is 5.81. The average molecular weight is 1140 g/mol. The van der Waals surface area contributed by atoms with Crippen LogP contribution in [-0.2, 0) is 52.2 Å². The predicted molar refractivity (Wildman–Crippen MR) is 265 cm³/mol. The number of fused-ring (bicyclic) bond motifs is 7. The third-order valence-corrected chi connectivity index (χ3v) is 21.7. The largest absolute Gasteiger partial charge is 0.469 e. The molecule has 0 spiro atoms. The van der Waals surface area contributed by atoms with Gasteiger partial charge in [-0.25, -0.2) is 0 Å². The molecule has 0 unspecified atom stereocenters. The maximum absolute atomic E-state index is 14.8. The maximum atomic E-state index is 14.8. The summed E-state index contributed by atoms with van der Waals surface area (Å²) < 4.78 is 52.1. The summed E-state index contributed by atoms with van der Waals surface area (Å²) in [6, 6.07) is 0. The van der Waals surface area contributed by atoms with Gasteiger partial charge in [-0.15, -0.1) is 0 Å². The molecule has 4 saturated carbocycles. The molecule has 25 heteroatoms. The minimum absolute atomic E-state index is 0.0453. The van der Waals surface area contributed by atoms with Crippen LogP contribution in [0.3, 0.4) is 0 Å². The molecule has 14 N–H and O–H groups in total. The smallest absolute Gasteiger partial charge is 0.315 e. The number of carbonyl (C=O) groups is 2. The van der Waals surface area contributed by atoms with Crippen LogP contribution < -0.4 is 0 Å². The van der Waals surface area contributed by atoms with E-state index in [-0.39, 0.29) is 36.7 Å². The summed E-state index contributed by atoms with van der Waals surface area (Å²) in [5.74, 6) is -1.67. The van der Waals surface area contributed by atoms with Crippen LogP contribution in [0.1, 0.15) is 98.8 Å². The second kappa shape index (κ2) is 22.7. The number of rotatable bonds is 13. The van der Waals surface area contributed by atoms with Crippen molar-refractivity contribution in [3.05, 3.63) is 11.6 Å². The molecule has 0 aromatic heterocycles. The summed E-state index contributed by atoms with van der Waals surface area (Å²) in [4.78, 5) is 28.4. The molecule has 9 rings (SSSR count). The van der Waals surface area contributed by atoms with Gasteiger partial charge in [0.1, 0.15) is 91.6 Å². The first-order valence-electron chi connectivity index (χ1n) is 28.0. The average Bonchev–Trinajstić information content (AvgIpc) is 3.58. The summed E-state index contributed by atoms with van der Waals surface area (Å²) in [7, 11) is 1.34. The van der Waals surface area contributed by atoms with Crippen molar-refractivity contribution in [2.75, 3.05) is 40.1 Å². The Bertz CT molecular complexity index is 2200. The van der Waals surface area contributed by atoms with E-state index in [0.29, 0.717) is 51.4 Å². The number of methoxy groups -OCH3 is 1. The Balaban J connectivity index is 0.898. The van der Waals surface area contributed by atoms with Gasteiger partial charge in [0, 0.05) is 5.41 Å². The lowest BCUT2D eigenvalue weighted by molar-refractivity contribution is -0.372. The van der Waals surface area contributed by atoms with E-state index in [1.807, 2.05) is 13.8 Å². The van der Waals surface area contributed by atoms with Crippen LogP contribution in [0.4, 0.5) is 0 Å². The van der Waals surface area contributed by atoms with Crippen LogP contribution >= 0.6 is 0 Å². The molecule has 452 valence electrons. The van der Waals surface area contributed by atoms with Crippen molar-refractivity contribution in [1.29, 1.82) is 0 Å². The van der Waals surface area contributed by atoms with E-state index in [9.17, 15) is 81.1 Å². The standard InChI is InChI=1S/C54H86O25/c1-49(47(69)71-6)13-15-54(48(70)79-46-40(67)36(63)33(60)26(19-56)74-46)16-14-52(4)23(24(54)17-49)7-8-30-50(2)11-10-31(51(3,22-58)29(50)9-12-53(30,52)5)77-45-41(68)37(64)42(27(20-57)75-45)78-43-38(65)34(61)28(21-72-43)76-44-39(66)35(62)32(59)25(18-55)73-44/h7,24-46,55-68H,8-22H2,1-6H3/t24-,25+,26+,27+,28+,29+,30+,31-,32+,33+,34-,35-,36-,37+,38+,39+,40+,41+,42+,43-,44-,45-,46-,49-,50-,51-,52+,53+,54-/m0/s1. The second-order valence-corrected chi connectivity index (χ2v) is 25.6. The van der Waals surface area contributed by atoms with Gasteiger partial charge in [-0.2, -0.15) is 0 Å². The van der Waals surface area contributed by atoms with E-state index < -0.39 is 194 Å². The number of ether oxygens (including phenoxy) is 9. The highest BCUT2D eigenvalue weighted by Crippen LogP contribution is 2.76. The summed E-state index contributed by atoms with van der Waals surface area (Å²) >= 11 is 0. The van der Waals surface area contributed by atoms with Crippen molar-refractivity contribution in [2.24, 2.45) is 50.2 Å². The zero-order valence-corrected chi connectivity index (χ0v) is 45.7. The first kappa shape index (κ1) is 61.4. The van der Waals surface area contributed by atoms with E-state index in [0.717, 1.165) is 5.57 Å². The highest BCUT2D eigenvalue weighted by Gasteiger charge is 2.71. The molecule has 5 aliphatic carbocycles. The summed E-state index contributed by atoms with van der Waals surface area (Å²) in [5.41, 5.74) is -3.29. The lowest BCUT2D eigenvalue weighted by Gasteiger charge is -2.71. The zero-order valence-electron chi connectivity index (χ0n) is 45.7. The van der Waals surface area contributed by atoms with E-state index in [2.05, 4.69) is 26.8 Å². The first-order valence-corrected chi connectivity index (χ1v) is 28.0. The Morgan fingerprint density at radius 1 is 0.582 bits per heavy atom. The molecule has 4 aliphatic heterocycles. The van der Waals surface area contributed by atoms with Crippen molar-refractivity contribution in [2.45, 2.75) is 222 Å². The SMILES string of the molecule is COC(=O)[C@@]1(C)CC[C@]2(C(=O)O[C@@H]3O[C@H](CO)[C@@H](O)[C@H](O)[C@H]3O)CC[C@]3(C)C(=CC[C@@H]4[C@@]5(C)CC[C@H](O[C@@H]6O[C@H](CO)[C@@H](O[C@@H]7OC[C@@H](O[C@@H]8O[C@H](CO)[C@@H](O)[C@H](O)[C@H]8O)[C@H](O)[C@H]7O)[C@H](O)[C@H]6O)[C@@](C)(CO)[C@@H]5CC[C@]43C)[C@@H]2C1. The summed E-state index contributed by atoms with van der Waals surface area (Å²) in [6.45, 7) is 7.60. The Morgan fingerprint density at radius 3 is 1.77 bits per heavy atom. The molecule has 9 aliphatic rings. The Labute approximate surface area is 458 Å². The third kappa shape index (κ3) is 9.85. The van der Waals surface area contributed by atoms with E-state index >= 15 is 0 Å². The van der Waals surface area contributed by atoms with Crippen molar-refractivity contribution in [1.82, 2.24) is 0 Å². The second-order valence-electron chi connectivity index (χ2n) is 25.6. The first-order chi connectivity index (χ1) is 37.2. The molecular formula is C54H86O25. The van der Waals surface area contributed by atoms with E-state index in [4.69, 9.17) is 42.6 Å². The van der Waals surface area contributed by atoms with E-state index in [1.54, 1.807) is 0 Å². The van der Waals surface area contributed by atoms with Gasteiger partial charge in [-0.3, -0.25) is 9.59 Å². The summed E-state index contributed by atoms with van der Waals surface area (Å²) in [5, 5.41) is 150. The number of aliphatic hydroxyl groups excluding tert-OH is 14. The van der Waals surface area contributed by atoms with Crippen molar-refractivity contribution >= 4 is 11.9 Å². The number of esters is 2. The van der Waals surface area contributed by atoms with Gasteiger partial charge in [0.15, 0.2) is 18.9 Å². The number of carbonyl (C=O) groups excluding carboxylic acids is 2. The molecule has 0 aromatic carbocycles. The minimum atomic E-state index is -1.88. The summed E-state index contributed by atoms with van der Waals surface area (Å²) in [6.07, 6.45) is -24.9. The fourth-order valence-corrected chi connectivity index (χ4v) is 16.5. The number of hydrogen-bond donors (Lipinski definition) is 14. The number of allylic oxidation sites excluding steroid dienone is 2.